The van der Waals surface area contributed by atoms with Crippen LogP contribution in [0.4, 0.5) is 11.4 Å². The normalized spacial score (nSPS) is 11.8. The lowest BCUT2D eigenvalue weighted by Crippen LogP contribution is -2.33. The number of nitro groups is 1. The zero-order valence-electron chi connectivity index (χ0n) is 19.3. The first-order valence-electron chi connectivity index (χ1n) is 10.6. The molecule has 0 bridgehead atoms. The number of thioether (sulfide) groups is 1. The van der Waals surface area contributed by atoms with Crippen LogP contribution in [0.25, 0.3) is 0 Å². The van der Waals surface area contributed by atoms with Crippen LogP contribution in [0.3, 0.4) is 0 Å². The number of nitrogens with one attached hydrogen (secondary N) is 2. The van der Waals surface area contributed by atoms with Gasteiger partial charge in [-0.1, -0.05) is 49.9 Å². The summed E-state index contributed by atoms with van der Waals surface area (Å²) in [5.41, 5.74) is 1.57. The van der Waals surface area contributed by atoms with E-state index in [-0.39, 0.29) is 35.2 Å². The second-order valence-electron chi connectivity index (χ2n) is 8.05. The van der Waals surface area contributed by atoms with Crippen molar-refractivity contribution in [1.29, 1.82) is 0 Å². The topological polar surface area (TPSA) is 132 Å². The number of nitro benzene ring substituents is 1. The molecule has 0 spiro atoms. The molecule has 0 aliphatic rings. The lowest BCUT2D eigenvalue weighted by Gasteiger charge is -2.21. The summed E-state index contributed by atoms with van der Waals surface area (Å²) in [7, 11) is 1.78. The van der Waals surface area contributed by atoms with Gasteiger partial charge in [-0.05, 0) is 30.5 Å². The van der Waals surface area contributed by atoms with Crippen LogP contribution >= 0.6 is 11.8 Å². The van der Waals surface area contributed by atoms with Crippen molar-refractivity contribution in [3.63, 3.8) is 0 Å². The molecule has 34 heavy (non-hydrogen) atoms. The highest BCUT2D eigenvalue weighted by atomic mass is 32.2. The molecule has 0 aliphatic carbocycles. The molecule has 0 aliphatic heterocycles. The molecular weight excluding hydrogens is 456 g/mol. The summed E-state index contributed by atoms with van der Waals surface area (Å²) in [5.74, 6) is 0.140. The molecule has 0 saturated heterocycles. The Balaban J connectivity index is 1.67. The van der Waals surface area contributed by atoms with Gasteiger partial charge in [0.15, 0.2) is 11.0 Å². The van der Waals surface area contributed by atoms with Gasteiger partial charge in [0.05, 0.1) is 22.4 Å². The van der Waals surface area contributed by atoms with Gasteiger partial charge < -0.3 is 15.2 Å². The maximum Gasteiger partial charge on any atom is 0.271 e. The fourth-order valence-corrected chi connectivity index (χ4v) is 3.96. The number of amides is 2. The quantitative estimate of drug-likeness (QED) is 0.269. The maximum atomic E-state index is 12.7. The molecule has 2 N–H and O–H groups in total. The lowest BCUT2D eigenvalue weighted by atomic mass is 10.0. The van der Waals surface area contributed by atoms with Crippen molar-refractivity contribution < 1.29 is 14.5 Å². The molecule has 2 aromatic carbocycles. The van der Waals surface area contributed by atoms with Crippen molar-refractivity contribution in [3.8, 4) is 0 Å². The predicted octanol–water partition coefficient (Wildman–Crippen LogP) is 3.89. The second-order valence-corrected chi connectivity index (χ2v) is 9.00. The van der Waals surface area contributed by atoms with Crippen LogP contribution in [0.5, 0.6) is 0 Å². The zero-order chi connectivity index (χ0) is 24.8. The van der Waals surface area contributed by atoms with E-state index in [1.807, 2.05) is 19.9 Å². The molecule has 3 aromatic rings. The van der Waals surface area contributed by atoms with Crippen molar-refractivity contribution in [2.45, 2.75) is 32.0 Å². The number of aromatic nitrogens is 3. The number of hydrogen-bond donors (Lipinski definition) is 2. The Bertz CT molecular complexity index is 1200. The van der Waals surface area contributed by atoms with Gasteiger partial charge in [-0.25, -0.2) is 0 Å². The summed E-state index contributed by atoms with van der Waals surface area (Å²) in [6, 6.07) is 12.9. The summed E-state index contributed by atoms with van der Waals surface area (Å²) >= 11 is 1.19. The number of anilines is 1. The molecular formula is C23H26N6O4S. The van der Waals surface area contributed by atoms with Crippen LogP contribution in [-0.4, -0.2) is 37.3 Å². The summed E-state index contributed by atoms with van der Waals surface area (Å²) < 4.78 is 1.76. The molecule has 0 fully saturated rings. The predicted molar refractivity (Wildman–Crippen MR) is 130 cm³/mol. The van der Waals surface area contributed by atoms with Crippen molar-refractivity contribution in [3.05, 3.63) is 75.6 Å². The molecule has 178 valence electrons. The Kier molecular flexibility index (Phi) is 8.00. The number of aryl methyl sites for hydroxylation is 1. The van der Waals surface area contributed by atoms with Crippen molar-refractivity contribution >= 4 is 35.0 Å². The number of carbonyl (C=O) groups is 2. The smallest absolute Gasteiger partial charge is 0.271 e. The van der Waals surface area contributed by atoms with E-state index in [1.165, 1.54) is 23.9 Å². The van der Waals surface area contributed by atoms with Crippen LogP contribution in [0.2, 0.25) is 0 Å². The van der Waals surface area contributed by atoms with Gasteiger partial charge in [-0.2, -0.15) is 0 Å². The van der Waals surface area contributed by atoms with Crippen molar-refractivity contribution in [2.24, 2.45) is 13.0 Å². The van der Waals surface area contributed by atoms with E-state index in [9.17, 15) is 19.7 Å². The van der Waals surface area contributed by atoms with Crippen LogP contribution in [0.1, 0.15) is 41.6 Å². The van der Waals surface area contributed by atoms with Crippen molar-refractivity contribution in [2.75, 3.05) is 11.1 Å². The summed E-state index contributed by atoms with van der Waals surface area (Å²) in [6.07, 6.45) is 0. The van der Waals surface area contributed by atoms with E-state index in [0.29, 0.717) is 22.2 Å². The van der Waals surface area contributed by atoms with Crippen LogP contribution in [0, 0.1) is 23.0 Å². The molecule has 0 saturated carbocycles. The van der Waals surface area contributed by atoms with E-state index in [2.05, 4.69) is 20.8 Å². The lowest BCUT2D eigenvalue weighted by molar-refractivity contribution is -0.384. The third-order valence-electron chi connectivity index (χ3n) is 5.17. The largest absolute Gasteiger partial charge is 0.342 e. The standard InChI is InChI=1S/C23H26N6O4S/c1-14(2)20(25-22(31)16-8-6-5-7-9-16)21-26-27-23(28(21)4)34-13-19(30)24-18-12-17(29(32)33)11-10-15(18)3/h5-12,14,20H,13H2,1-4H3,(H,24,30)(H,25,31)/t20-/m0/s1. The molecule has 1 aromatic heterocycles. The molecule has 2 amide bonds. The van der Waals surface area contributed by atoms with Crippen LogP contribution < -0.4 is 10.6 Å². The first kappa shape index (κ1) is 24.9. The van der Waals surface area contributed by atoms with Gasteiger partial charge in [0.25, 0.3) is 11.6 Å². The van der Waals surface area contributed by atoms with E-state index in [0.717, 1.165) is 5.56 Å². The SMILES string of the molecule is Cc1ccc([N+](=O)[O-])cc1NC(=O)CSc1nnc([C@@H](NC(=O)c2ccccc2)C(C)C)n1C. The van der Waals surface area contributed by atoms with Gasteiger partial charge in [-0.15, -0.1) is 10.2 Å². The van der Waals surface area contributed by atoms with Crippen LogP contribution in [-0.2, 0) is 11.8 Å². The molecule has 10 nitrogen and oxygen atoms in total. The monoisotopic (exact) mass is 482 g/mol. The number of rotatable bonds is 9. The van der Waals surface area contributed by atoms with Gasteiger partial charge in [0.2, 0.25) is 5.91 Å². The fraction of sp³-hybridized carbons (Fsp3) is 0.304. The van der Waals surface area contributed by atoms with Crippen LogP contribution in [0.15, 0.2) is 53.7 Å². The van der Waals surface area contributed by atoms with Gasteiger partial charge >= 0.3 is 0 Å². The number of hydrogen-bond acceptors (Lipinski definition) is 7. The third kappa shape index (κ3) is 5.98. The van der Waals surface area contributed by atoms with E-state index in [4.69, 9.17) is 0 Å². The summed E-state index contributed by atoms with van der Waals surface area (Å²) in [5, 5.41) is 25.7. The average molecular weight is 483 g/mol. The average Bonchev–Trinajstić information content (AvgIpc) is 3.17. The Morgan fingerprint density at radius 2 is 1.85 bits per heavy atom. The van der Waals surface area contributed by atoms with Gasteiger partial charge in [0.1, 0.15) is 0 Å². The highest BCUT2D eigenvalue weighted by Crippen LogP contribution is 2.25. The zero-order valence-corrected chi connectivity index (χ0v) is 20.1. The van der Waals surface area contributed by atoms with Crippen molar-refractivity contribution in [1.82, 2.24) is 20.1 Å². The molecule has 0 unspecified atom stereocenters. The molecule has 1 heterocycles. The Morgan fingerprint density at radius 3 is 2.50 bits per heavy atom. The maximum absolute atomic E-state index is 12.7. The number of non-ortho nitro benzene ring substituents is 1. The first-order valence-corrected chi connectivity index (χ1v) is 11.6. The van der Waals surface area contributed by atoms with E-state index < -0.39 is 4.92 Å². The number of carbonyl (C=O) groups excluding carboxylic acids is 2. The Morgan fingerprint density at radius 1 is 1.15 bits per heavy atom. The Labute approximate surface area is 201 Å². The fourth-order valence-electron chi connectivity index (χ4n) is 3.24. The molecule has 1 atom stereocenters. The van der Waals surface area contributed by atoms with E-state index in [1.54, 1.807) is 48.9 Å². The molecule has 11 heteroatoms. The molecule has 0 radical (unpaired) electrons. The third-order valence-corrected chi connectivity index (χ3v) is 6.19. The minimum absolute atomic E-state index is 0.0385. The minimum Gasteiger partial charge on any atom is -0.342 e. The van der Waals surface area contributed by atoms with Gasteiger partial charge in [0, 0.05) is 24.7 Å². The number of benzene rings is 2. The summed E-state index contributed by atoms with van der Waals surface area (Å²) in [4.78, 5) is 35.6. The highest BCUT2D eigenvalue weighted by Gasteiger charge is 2.25. The highest BCUT2D eigenvalue weighted by molar-refractivity contribution is 7.99. The minimum atomic E-state index is -0.507. The molecule has 3 rings (SSSR count). The number of nitrogens with zero attached hydrogens (tertiary/aromatic N) is 4. The van der Waals surface area contributed by atoms with Gasteiger partial charge in [-0.3, -0.25) is 19.7 Å². The summed E-state index contributed by atoms with van der Waals surface area (Å²) in [6.45, 7) is 5.72. The first-order chi connectivity index (χ1) is 16.2. The Hall–Kier alpha value is -3.73. The second kappa shape index (κ2) is 10.9. The van der Waals surface area contributed by atoms with E-state index >= 15 is 0 Å².